The van der Waals surface area contributed by atoms with E-state index in [1.54, 1.807) is 13.1 Å². The number of carbonyl (C=O) groups is 1. The molecule has 20 heavy (non-hydrogen) atoms. The van der Waals surface area contributed by atoms with Crippen LogP contribution in [-0.2, 0) is 4.74 Å². The Morgan fingerprint density at radius 1 is 1.25 bits per heavy atom. The van der Waals surface area contributed by atoms with Gasteiger partial charge in [-0.15, -0.1) is 0 Å². The van der Waals surface area contributed by atoms with Crippen molar-refractivity contribution in [1.82, 2.24) is 9.97 Å². The lowest BCUT2D eigenvalue weighted by atomic mass is 10.1. The number of hydrogen-bond acceptors (Lipinski definition) is 4. The van der Waals surface area contributed by atoms with Crippen molar-refractivity contribution in [2.24, 2.45) is 0 Å². The van der Waals surface area contributed by atoms with Crippen LogP contribution >= 0.6 is 11.6 Å². The van der Waals surface area contributed by atoms with Crippen LogP contribution in [0.1, 0.15) is 17.3 Å². The average Bonchev–Trinajstić information content (AvgIpc) is 2.47. The summed E-state index contributed by atoms with van der Waals surface area (Å²) in [6.07, 6.45) is 3.15. The van der Waals surface area contributed by atoms with Crippen LogP contribution in [0.2, 0.25) is 5.02 Å². The van der Waals surface area contributed by atoms with Gasteiger partial charge in [0, 0.05) is 23.2 Å². The maximum atomic E-state index is 11.8. The number of ether oxygens (including phenoxy) is 1. The summed E-state index contributed by atoms with van der Waals surface area (Å²) in [5.74, 6) is -0.465. The highest BCUT2D eigenvalue weighted by Gasteiger charge is 2.16. The second kappa shape index (κ2) is 5.06. The number of carbonyl (C=O) groups excluding carboxylic acids is 1. The van der Waals surface area contributed by atoms with Gasteiger partial charge in [0.15, 0.2) is 0 Å². The standard InChI is InChI=1S/C15H11ClN2O2/c1-2-20-15(19)11-8-18-14-10(12(11)16)6-5-9-4-3-7-17-13(9)14/h3-8H,2H2,1H3. The number of fused-ring (bicyclic) bond motifs is 3. The van der Waals surface area contributed by atoms with Gasteiger partial charge in [-0.2, -0.15) is 0 Å². The van der Waals surface area contributed by atoms with Gasteiger partial charge in [0.25, 0.3) is 0 Å². The van der Waals surface area contributed by atoms with Crippen LogP contribution in [0.25, 0.3) is 21.8 Å². The third-order valence-corrected chi connectivity index (χ3v) is 3.45. The van der Waals surface area contributed by atoms with Crippen molar-refractivity contribution in [1.29, 1.82) is 0 Å². The maximum absolute atomic E-state index is 11.8. The molecule has 0 aliphatic rings. The van der Waals surface area contributed by atoms with Gasteiger partial charge < -0.3 is 4.74 Å². The van der Waals surface area contributed by atoms with Crippen molar-refractivity contribution in [3.8, 4) is 0 Å². The van der Waals surface area contributed by atoms with E-state index in [2.05, 4.69) is 9.97 Å². The van der Waals surface area contributed by atoms with Gasteiger partial charge in [-0.3, -0.25) is 9.97 Å². The molecule has 0 saturated heterocycles. The minimum Gasteiger partial charge on any atom is -0.462 e. The fourth-order valence-corrected chi connectivity index (χ4v) is 2.40. The van der Waals surface area contributed by atoms with E-state index in [4.69, 9.17) is 16.3 Å². The van der Waals surface area contributed by atoms with Gasteiger partial charge in [-0.05, 0) is 13.0 Å². The normalized spacial score (nSPS) is 10.9. The first kappa shape index (κ1) is 12.8. The first-order chi connectivity index (χ1) is 9.72. The molecule has 0 N–H and O–H groups in total. The summed E-state index contributed by atoms with van der Waals surface area (Å²) in [7, 11) is 0. The van der Waals surface area contributed by atoms with Gasteiger partial charge in [-0.25, -0.2) is 4.79 Å². The molecule has 2 heterocycles. The molecule has 0 saturated carbocycles. The second-order valence-electron chi connectivity index (χ2n) is 4.24. The van der Waals surface area contributed by atoms with E-state index in [9.17, 15) is 4.79 Å². The van der Waals surface area contributed by atoms with Crippen molar-refractivity contribution < 1.29 is 9.53 Å². The monoisotopic (exact) mass is 286 g/mol. The molecule has 5 heteroatoms. The summed E-state index contributed by atoms with van der Waals surface area (Å²) < 4.78 is 4.97. The van der Waals surface area contributed by atoms with Crippen LogP contribution in [0.4, 0.5) is 0 Å². The quantitative estimate of drug-likeness (QED) is 0.533. The molecular weight excluding hydrogens is 276 g/mol. The van der Waals surface area contributed by atoms with Gasteiger partial charge in [-0.1, -0.05) is 29.8 Å². The minimum absolute atomic E-state index is 0.274. The fourth-order valence-electron chi connectivity index (χ4n) is 2.12. The Hall–Kier alpha value is -2.20. The number of hydrogen-bond donors (Lipinski definition) is 0. The highest BCUT2D eigenvalue weighted by atomic mass is 35.5. The number of aromatic nitrogens is 2. The molecular formula is C15H11ClN2O2. The van der Waals surface area contributed by atoms with Crippen molar-refractivity contribution in [3.05, 3.63) is 47.2 Å². The number of rotatable bonds is 2. The van der Waals surface area contributed by atoms with Crippen molar-refractivity contribution >= 4 is 39.4 Å². The zero-order valence-corrected chi connectivity index (χ0v) is 11.5. The van der Waals surface area contributed by atoms with Gasteiger partial charge >= 0.3 is 5.97 Å². The summed E-state index contributed by atoms with van der Waals surface area (Å²) in [6.45, 7) is 2.05. The lowest BCUT2D eigenvalue weighted by molar-refractivity contribution is 0.0526. The molecule has 1 aromatic carbocycles. The smallest absolute Gasteiger partial charge is 0.341 e. The summed E-state index contributed by atoms with van der Waals surface area (Å²) >= 11 is 6.30. The van der Waals surface area contributed by atoms with E-state index in [1.165, 1.54) is 6.20 Å². The van der Waals surface area contributed by atoms with E-state index in [1.807, 2.05) is 24.3 Å². The maximum Gasteiger partial charge on any atom is 0.341 e. The summed E-state index contributed by atoms with van der Waals surface area (Å²) in [5.41, 5.74) is 1.72. The first-order valence-electron chi connectivity index (χ1n) is 6.21. The highest BCUT2D eigenvalue weighted by molar-refractivity contribution is 6.38. The predicted octanol–water partition coefficient (Wildman–Crippen LogP) is 3.61. The van der Waals surface area contributed by atoms with Crippen LogP contribution in [0.3, 0.4) is 0 Å². The largest absolute Gasteiger partial charge is 0.462 e. The molecule has 0 bridgehead atoms. The van der Waals surface area contributed by atoms with E-state index in [-0.39, 0.29) is 5.56 Å². The molecule has 0 atom stereocenters. The highest BCUT2D eigenvalue weighted by Crippen LogP contribution is 2.30. The molecule has 0 amide bonds. The zero-order valence-electron chi connectivity index (χ0n) is 10.8. The minimum atomic E-state index is -0.465. The number of esters is 1. The Bertz CT molecular complexity index is 817. The summed E-state index contributed by atoms with van der Waals surface area (Å²) in [4.78, 5) is 20.5. The molecule has 0 fully saturated rings. The van der Waals surface area contributed by atoms with Crippen LogP contribution < -0.4 is 0 Å². The number of pyridine rings is 2. The number of nitrogens with zero attached hydrogens (tertiary/aromatic N) is 2. The Kier molecular flexibility index (Phi) is 3.24. The molecule has 0 aliphatic carbocycles. The molecule has 0 aliphatic heterocycles. The van der Waals surface area contributed by atoms with Crippen LogP contribution in [0.15, 0.2) is 36.7 Å². The zero-order chi connectivity index (χ0) is 14.1. The topological polar surface area (TPSA) is 52.1 Å². The fraction of sp³-hybridized carbons (Fsp3) is 0.133. The molecule has 0 spiro atoms. The van der Waals surface area contributed by atoms with Crippen LogP contribution in [0.5, 0.6) is 0 Å². The van der Waals surface area contributed by atoms with Gasteiger partial charge in [0.05, 0.1) is 28.2 Å². The third-order valence-electron chi connectivity index (χ3n) is 3.04. The van der Waals surface area contributed by atoms with Crippen molar-refractivity contribution in [3.63, 3.8) is 0 Å². The van der Waals surface area contributed by atoms with Gasteiger partial charge in [0.1, 0.15) is 0 Å². The third kappa shape index (κ3) is 1.98. The molecule has 2 aromatic heterocycles. The van der Waals surface area contributed by atoms with Crippen molar-refractivity contribution in [2.75, 3.05) is 6.61 Å². The summed E-state index contributed by atoms with van der Waals surface area (Å²) in [5, 5.41) is 2.02. The lowest BCUT2D eigenvalue weighted by Gasteiger charge is -2.08. The molecule has 0 unspecified atom stereocenters. The lowest BCUT2D eigenvalue weighted by Crippen LogP contribution is -2.06. The van der Waals surface area contributed by atoms with Crippen molar-refractivity contribution in [2.45, 2.75) is 6.92 Å². The van der Waals surface area contributed by atoms with Crippen LogP contribution in [-0.4, -0.2) is 22.5 Å². The molecule has 4 nitrogen and oxygen atoms in total. The number of halogens is 1. The van der Waals surface area contributed by atoms with E-state index in [0.717, 1.165) is 10.9 Å². The van der Waals surface area contributed by atoms with Crippen LogP contribution in [0, 0.1) is 0 Å². The Balaban J connectivity index is 2.28. The molecule has 100 valence electrons. The van der Waals surface area contributed by atoms with E-state index >= 15 is 0 Å². The van der Waals surface area contributed by atoms with E-state index < -0.39 is 5.97 Å². The molecule has 0 radical (unpaired) electrons. The average molecular weight is 287 g/mol. The van der Waals surface area contributed by atoms with Gasteiger partial charge in [0.2, 0.25) is 0 Å². The Morgan fingerprint density at radius 2 is 2.10 bits per heavy atom. The summed E-state index contributed by atoms with van der Waals surface area (Å²) in [6, 6.07) is 7.57. The molecule has 3 aromatic rings. The Morgan fingerprint density at radius 3 is 2.90 bits per heavy atom. The Labute approximate surface area is 120 Å². The number of benzene rings is 1. The van der Waals surface area contributed by atoms with E-state index in [0.29, 0.717) is 22.5 Å². The molecule has 3 rings (SSSR count). The second-order valence-corrected chi connectivity index (χ2v) is 4.62. The SMILES string of the molecule is CCOC(=O)c1cnc2c(ccc3cccnc32)c1Cl. The first-order valence-corrected chi connectivity index (χ1v) is 6.59. The predicted molar refractivity (Wildman–Crippen MR) is 78.0 cm³/mol.